The Labute approximate surface area is 129 Å². The molecule has 0 aliphatic rings. The minimum absolute atomic E-state index is 0.646. The van der Waals surface area contributed by atoms with Gasteiger partial charge in [-0.05, 0) is 53.3 Å². The number of fused-ring (bicyclic) bond motifs is 1. The topological polar surface area (TPSA) is 47.8 Å². The molecule has 0 amide bonds. The van der Waals surface area contributed by atoms with E-state index in [-0.39, 0.29) is 0 Å². The van der Waals surface area contributed by atoms with Crippen molar-refractivity contribution in [3.05, 3.63) is 33.1 Å². The van der Waals surface area contributed by atoms with Crippen LogP contribution in [-0.4, -0.2) is 26.4 Å². The molecule has 0 spiro atoms. The van der Waals surface area contributed by atoms with Gasteiger partial charge < -0.3 is 9.72 Å². The molecule has 0 aliphatic carbocycles. The van der Waals surface area contributed by atoms with Crippen LogP contribution < -0.4 is 4.74 Å². The number of imidazole rings is 1. The van der Waals surface area contributed by atoms with Crippen molar-refractivity contribution in [3.63, 3.8) is 0 Å². The molecule has 0 bridgehead atoms. The van der Waals surface area contributed by atoms with Crippen molar-refractivity contribution in [3.8, 4) is 11.4 Å². The van der Waals surface area contributed by atoms with Crippen LogP contribution in [0.15, 0.2) is 22.7 Å². The first-order valence-corrected chi connectivity index (χ1v) is 7.21. The van der Waals surface area contributed by atoms with E-state index in [1.165, 1.54) is 0 Å². The van der Waals surface area contributed by atoms with Crippen molar-refractivity contribution < 1.29 is 4.74 Å². The van der Waals surface area contributed by atoms with Gasteiger partial charge in [-0.3, -0.25) is 4.57 Å². The molecule has 0 saturated heterocycles. The second-order valence-electron chi connectivity index (χ2n) is 4.49. The minimum Gasteiger partial charge on any atom is -0.496 e. The standard InChI is InChI=1S/C13H13BrN4OS/c1-7-11-12(17(2)16-7)18(13(20)15-11)8-4-5-10(19-3)9(14)6-8/h4-6H,1-3H3,(H,15,20). The summed E-state index contributed by atoms with van der Waals surface area (Å²) >= 11 is 8.93. The average Bonchev–Trinajstić information content (AvgIpc) is 2.88. The summed E-state index contributed by atoms with van der Waals surface area (Å²) in [6.07, 6.45) is 0. The highest BCUT2D eigenvalue weighted by Crippen LogP contribution is 2.29. The monoisotopic (exact) mass is 352 g/mol. The fraction of sp³-hybridized carbons (Fsp3) is 0.231. The number of H-pyrrole nitrogens is 1. The molecule has 0 atom stereocenters. The van der Waals surface area contributed by atoms with Crippen molar-refractivity contribution in [1.82, 2.24) is 19.3 Å². The van der Waals surface area contributed by atoms with Crippen molar-refractivity contribution in [2.75, 3.05) is 7.11 Å². The molecule has 104 valence electrons. The molecule has 7 heteroatoms. The van der Waals surface area contributed by atoms with Crippen molar-refractivity contribution >= 4 is 39.3 Å². The van der Waals surface area contributed by atoms with Gasteiger partial charge in [0.05, 0.1) is 23.0 Å². The molecular weight excluding hydrogens is 340 g/mol. The normalized spacial score (nSPS) is 11.2. The fourth-order valence-electron chi connectivity index (χ4n) is 2.34. The summed E-state index contributed by atoms with van der Waals surface area (Å²) in [6, 6.07) is 5.85. The van der Waals surface area contributed by atoms with Gasteiger partial charge in [0.15, 0.2) is 10.4 Å². The third-order valence-electron chi connectivity index (χ3n) is 3.23. The summed E-state index contributed by atoms with van der Waals surface area (Å²) in [4.78, 5) is 3.21. The van der Waals surface area contributed by atoms with Crippen LogP contribution in [0.5, 0.6) is 5.75 Å². The molecule has 5 nitrogen and oxygen atoms in total. The zero-order valence-electron chi connectivity index (χ0n) is 11.3. The van der Waals surface area contributed by atoms with Crippen LogP contribution in [0, 0.1) is 11.7 Å². The number of hydrogen-bond donors (Lipinski definition) is 1. The summed E-state index contributed by atoms with van der Waals surface area (Å²) in [6.45, 7) is 1.96. The van der Waals surface area contributed by atoms with E-state index in [2.05, 4.69) is 26.0 Å². The number of benzene rings is 1. The molecule has 2 aromatic heterocycles. The molecule has 20 heavy (non-hydrogen) atoms. The van der Waals surface area contributed by atoms with Crippen LogP contribution >= 0.6 is 28.1 Å². The van der Waals surface area contributed by atoms with Crippen molar-refractivity contribution in [2.45, 2.75) is 6.92 Å². The van der Waals surface area contributed by atoms with Crippen LogP contribution in [0.1, 0.15) is 5.69 Å². The van der Waals surface area contributed by atoms with Crippen LogP contribution in [-0.2, 0) is 7.05 Å². The third kappa shape index (κ3) is 1.89. The number of hydrogen-bond acceptors (Lipinski definition) is 3. The maximum absolute atomic E-state index is 5.43. The van der Waals surface area contributed by atoms with Gasteiger partial charge in [0, 0.05) is 7.05 Å². The Balaban J connectivity index is 2.32. The largest absolute Gasteiger partial charge is 0.496 e. The number of ether oxygens (including phenoxy) is 1. The zero-order chi connectivity index (χ0) is 14.4. The predicted molar refractivity (Wildman–Crippen MR) is 84.2 cm³/mol. The van der Waals surface area contributed by atoms with Crippen molar-refractivity contribution in [2.24, 2.45) is 7.05 Å². The maximum Gasteiger partial charge on any atom is 0.184 e. The number of nitrogens with one attached hydrogen (secondary N) is 1. The van der Waals surface area contributed by atoms with Gasteiger partial charge in [-0.25, -0.2) is 4.68 Å². The summed E-state index contributed by atoms with van der Waals surface area (Å²) in [7, 11) is 3.55. The maximum atomic E-state index is 5.43. The summed E-state index contributed by atoms with van der Waals surface area (Å²) in [5, 5.41) is 4.42. The van der Waals surface area contributed by atoms with E-state index < -0.39 is 0 Å². The molecule has 1 N–H and O–H groups in total. The fourth-order valence-corrected chi connectivity index (χ4v) is 3.16. The van der Waals surface area contributed by atoms with Crippen LogP contribution in [0.3, 0.4) is 0 Å². The molecule has 0 saturated carbocycles. The molecule has 3 aromatic rings. The smallest absolute Gasteiger partial charge is 0.184 e. The van der Waals surface area contributed by atoms with E-state index >= 15 is 0 Å². The number of aromatic nitrogens is 4. The van der Waals surface area contributed by atoms with Gasteiger partial charge in [0.25, 0.3) is 0 Å². The Kier molecular flexibility index (Phi) is 3.18. The lowest BCUT2D eigenvalue weighted by molar-refractivity contribution is 0.412. The molecule has 0 fully saturated rings. The van der Waals surface area contributed by atoms with E-state index in [1.54, 1.807) is 7.11 Å². The minimum atomic E-state index is 0.646. The second kappa shape index (κ2) is 4.75. The quantitative estimate of drug-likeness (QED) is 0.718. The Morgan fingerprint density at radius 2 is 2.15 bits per heavy atom. The van der Waals surface area contributed by atoms with E-state index in [9.17, 15) is 0 Å². The summed E-state index contributed by atoms with van der Waals surface area (Å²) in [5.74, 6) is 0.785. The lowest BCUT2D eigenvalue weighted by Crippen LogP contribution is -2.01. The zero-order valence-corrected chi connectivity index (χ0v) is 13.7. The summed E-state index contributed by atoms with van der Waals surface area (Å²) < 4.78 is 10.6. The van der Waals surface area contributed by atoms with E-state index in [4.69, 9.17) is 17.0 Å². The molecular formula is C13H13BrN4OS. The van der Waals surface area contributed by atoms with Gasteiger partial charge in [-0.15, -0.1) is 0 Å². The first-order valence-electron chi connectivity index (χ1n) is 6.01. The Morgan fingerprint density at radius 1 is 1.40 bits per heavy atom. The first-order chi connectivity index (χ1) is 9.52. The third-order valence-corrected chi connectivity index (χ3v) is 4.14. The highest BCUT2D eigenvalue weighted by Gasteiger charge is 2.14. The molecule has 3 rings (SSSR count). The number of rotatable bonds is 2. The Morgan fingerprint density at radius 3 is 2.80 bits per heavy atom. The van der Waals surface area contributed by atoms with E-state index in [0.717, 1.165) is 32.8 Å². The number of nitrogens with zero attached hydrogens (tertiary/aromatic N) is 3. The van der Waals surface area contributed by atoms with Crippen molar-refractivity contribution in [1.29, 1.82) is 0 Å². The Hall–Kier alpha value is -1.60. The Bertz CT molecular complexity index is 861. The van der Waals surface area contributed by atoms with Gasteiger partial charge in [-0.2, -0.15) is 5.10 Å². The highest BCUT2D eigenvalue weighted by atomic mass is 79.9. The first kappa shape index (κ1) is 13.4. The summed E-state index contributed by atoms with van der Waals surface area (Å²) in [5.41, 5.74) is 3.80. The van der Waals surface area contributed by atoms with Gasteiger partial charge >= 0.3 is 0 Å². The number of methoxy groups -OCH3 is 1. The van der Waals surface area contributed by atoms with Gasteiger partial charge in [-0.1, -0.05) is 0 Å². The lowest BCUT2D eigenvalue weighted by Gasteiger charge is -2.08. The van der Waals surface area contributed by atoms with Crippen LogP contribution in [0.25, 0.3) is 16.9 Å². The number of aryl methyl sites for hydroxylation is 2. The van der Waals surface area contributed by atoms with E-state index in [0.29, 0.717) is 4.77 Å². The second-order valence-corrected chi connectivity index (χ2v) is 5.73. The molecule has 0 radical (unpaired) electrons. The molecule has 2 heterocycles. The van der Waals surface area contributed by atoms with Crippen LogP contribution in [0.4, 0.5) is 0 Å². The SMILES string of the molecule is COc1ccc(-n2c(=S)[nH]c3c(C)nn(C)c32)cc1Br. The van der Waals surface area contributed by atoms with E-state index in [1.807, 2.05) is 41.4 Å². The number of halogens is 1. The lowest BCUT2D eigenvalue weighted by atomic mass is 10.3. The average molecular weight is 353 g/mol. The molecule has 0 unspecified atom stereocenters. The van der Waals surface area contributed by atoms with Crippen LogP contribution in [0.2, 0.25) is 0 Å². The molecule has 0 aliphatic heterocycles. The number of aromatic amines is 1. The predicted octanol–water partition coefficient (Wildman–Crippen LogP) is 3.50. The van der Waals surface area contributed by atoms with Gasteiger partial charge in [0.2, 0.25) is 0 Å². The van der Waals surface area contributed by atoms with Gasteiger partial charge in [0.1, 0.15) is 11.3 Å². The highest BCUT2D eigenvalue weighted by molar-refractivity contribution is 9.10. The molecule has 1 aromatic carbocycles.